The summed E-state index contributed by atoms with van der Waals surface area (Å²) in [5, 5.41) is 14.6. The van der Waals surface area contributed by atoms with E-state index in [1.807, 2.05) is 44.2 Å². The van der Waals surface area contributed by atoms with Gasteiger partial charge in [0, 0.05) is 5.69 Å². The second-order valence-corrected chi connectivity index (χ2v) is 6.23. The number of benzene rings is 2. The molecule has 3 rings (SSSR count). The van der Waals surface area contributed by atoms with Crippen LogP contribution in [-0.2, 0) is 6.42 Å². The first-order valence-corrected chi connectivity index (χ1v) is 8.57. The number of nitrogens with zero attached hydrogens (tertiary/aromatic N) is 3. The molecule has 0 spiro atoms. The fourth-order valence-corrected chi connectivity index (χ4v) is 2.76. The van der Waals surface area contributed by atoms with Gasteiger partial charge in [-0.25, -0.2) is 4.98 Å². The first kappa shape index (κ1) is 18.3. The van der Waals surface area contributed by atoms with Crippen molar-refractivity contribution in [1.82, 2.24) is 9.97 Å². The molecule has 0 atom stereocenters. The van der Waals surface area contributed by atoms with E-state index in [2.05, 4.69) is 22.2 Å². The summed E-state index contributed by atoms with van der Waals surface area (Å²) in [5.41, 5.74) is 3.56. The third-order valence-corrected chi connectivity index (χ3v) is 4.01. The molecule has 1 N–H and O–H groups in total. The van der Waals surface area contributed by atoms with E-state index in [0.29, 0.717) is 11.4 Å². The molecule has 0 aliphatic heterocycles. The summed E-state index contributed by atoms with van der Waals surface area (Å²) < 4.78 is 5.71. The molecule has 0 fully saturated rings. The van der Waals surface area contributed by atoms with Crippen LogP contribution < -0.4 is 10.1 Å². The highest BCUT2D eigenvalue weighted by molar-refractivity contribution is 5.68. The number of aromatic nitrogens is 2. The quantitative estimate of drug-likeness (QED) is 0.483. The Morgan fingerprint density at radius 3 is 2.33 bits per heavy atom. The lowest BCUT2D eigenvalue weighted by molar-refractivity contribution is -0.385. The van der Waals surface area contributed by atoms with Gasteiger partial charge in [0.05, 0.1) is 4.92 Å². The van der Waals surface area contributed by atoms with Crippen molar-refractivity contribution in [1.29, 1.82) is 0 Å². The van der Waals surface area contributed by atoms with Crippen LogP contribution in [-0.4, -0.2) is 14.9 Å². The number of nitrogens with one attached hydrogen (secondary N) is 1. The summed E-state index contributed by atoms with van der Waals surface area (Å²) in [6.07, 6.45) is 2.16. The van der Waals surface area contributed by atoms with Crippen LogP contribution in [0.1, 0.15) is 23.6 Å². The Balaban J connectivity index is 1.95. The van der Waals surface area contributed by atoms with Crippen LogP contribution in [0.15, 0.2) is 48.8 Å². The third kappa shape index (κ3) is 4.38. The predicted octanol–water partition coefficient (Wildman–Crippen LogP) is 5.10. The van der Waals surface area contributed by atoms with Crippen molar-refractivity contribution < 1.29 is 9.66 Å². The molecule has 0 unspecified atom stereocenters. The van der Waals surface area contributed by atoms with E-state index in [4.69, 9.17) is 4.74 Å². The molecule has 138 valence electrons. The standard InChI is InChI=1S/C20H20N4O3/c1-4-15-5-7-16(8-6-15)23-19-18(24(25)26)20(22-12-21-19)27-17-10-13(2)9-14(3)11-17/h5-12H,4H2,1-3H3,(H,21,22,23). The largest absolute Gasteiger partial charge is 0.434 e. The number of hydrogen-bond donors (Lipinski definition) is 1. The highest BCUT2D eigenvalue weighted by atomic mass is 16.6. The van der Waals surface area contributed by atoms with Crippen LogP contribution in [0, 0.1) is 24.0 Å². The highest BCUT2D eigenvalue weighted by Crippen LogP contribution is 2.35. The zero-order chi connectivity index (χ0) is 19.4. The maximum atomic E-state index is 11.7. The van der Waals surface area contributed by atoms with Gasteiger partial charge in [-0.1, -0.05) is 25.1 Å². The SMILES string of the molecule is CCc1ccc(Nc2ncnc(Oc3cc(C)cc(C)c3)c2[N+](=O)[O-])cc1. The molecule has 27 heavy (non-hydrogen) atoms. The first-order valence-electron chi connectivity index (χ1n) is 8.57. The molecule has 3 aromatic rings. The van der Waals surface area contributed by atoms with Crippen molar-refractivity contribution in [2.24, 2.45) is 0 Å². The number of rotatable bonds is 6. The van der Waals surface area contributed by atoms with Crippen molar-refractivity contribution in [3.05, 3.63) is 75.6 Å². The normalized spacial score (nSPS) is 10.5. The molecule has 1 heterocycles. The van der Waals surface area contributed by atoms with E-state index in [1.54, 1.807) is 12.1 Å². The minimum atomic E-state index is -0.541. The second-order valence-electron chi connectivity index (χ2n) is 6.23. The Hall–Kier alpha value is -3.48. The molecule has 7 heteroatoms. The van der Waals surface area contributed by atoms with Gasteiger partial charge in [0.1, 0.15) is 12.1 Å². The Bertz CT molecular complexity index is 951. The Morgan fingerprint density at radius 1 is 1.07 bits per heavy atom. The minimum absolute atomic E-state index is 0.0821. The van der Waals surface area contributed by atoms with Gasteiger partial charge in [0.25, 0.3) is 0 Å². The molecular weight excluding hydrogens is 344 g/mol. The van der Waals surface area contributed by atoms with Crippen molar-refractivity contribution in [2.75, 3.05) is 5.32 Å². The summed E-state index contributed by atoms with van der Waals surface area (Å²) >= 11 is 0. The van der Waals surface area contributed by atoms with Gasteiger partial charge in [-0.3, -0.25) is 10.1 Å². The number of ether oxygens (including phenoxy) is 1. The summed E-state index contributed by atoms with van der Waals surface area (Å²) in [4.78, 5) is 19.1. The number of anilines is 2. The Morgan fingerprint density at radius 2 is 1.74 bits per heavy atom. The van der Waals surface area contributed by atoms with Crippen molar-refractivity contribution in [3.8, 4) is 11.6 Å². The molecule has 7 nitrogen and oxygen atoms in total. The van der Waals surface area contributed by atoms with E-state index < -0.39 is 4.92 Å². The van der Waals surface area contributed by atoms with Crippen LogP contribution in [0.5, 0.6) is 11.6 Å². The molecule has 0 aliphatic rings. The minimum Gasteiger partial charge on any atom is -0.434 e. The van der Waals surface area contributed by atoms with Gasteiger partial charge in [-0.2, -0.15) is 4.98 Å². The van der Waals surface area contributed by atoms with Gasteiger partial charge in [-0.05, 0) is 61.2 Å². The summed E-state index contributed by atoms with van der Waals surface area (Å²) in [6.45, 7) is 5.93. The van der Waals surface area contributed by atoms with E-state index in [1.165, 1.54) is 11.9 Å². The molecule has 0 bridgehead atoms. The number of hydrogen-bond acceptors (Lipinski definition) is 6. The summed E-state index contributed by atoms with van der Waals surface area (Å²) in [7, 11) is 0. The number of aryl methyl sites for hydroxylation is 3. The maximum Gasteiger partial charge on any atom is 0.373 e. The van der Waals surface area contributed by atoms with Gasteiger partial charge in [-0.15, -0.1) is 0 Å². The van der Waals surface area contributed by atoms with Gasteiger partial charge in [0.15, 0.2) is 0 Å². The van der Waals surface area contributed by atoms with Gasteiger partial charge >= 0.3 is 11.6 Å². The van der Waals surface area contributed by atoms with E-state index in [-0.39, 0.29) is 17.4 Å². The van der Waals surface area contributed by atoms with Crippen LogP contribution in [0.4, 0.5) is 17.2 Å². The molecule has 0 saturated heterocycles. The average molecular weight is 364 g/mol. The Kier molecular flexibility index (Phi) is 5.30. The maximum absolute atomic E-state index is 11.7. The third-order valence-electron chi connectivity index (χ3n) is 4.01. The van der Waals surface area contributed by atoms with E-state index >= 15 is 0 Å². The fourth-order valence-electron chi connectivity index (χ4n) is 2.76. The van der Waals surface area contributed by atoms with Crippen LogP contribution in [0.2, 0.25) is 0 Å². The molecule has 0 saturated carbocycles. The fraction of sp³-hybridized carbons (Fsp3) is 0.200. The zero-order valence-corrected chi connectivity index (χ0v) is 15.4. The van der Waals surface area contributed by atoms with E-state index in [9.17, 15) is 10.1 Å². The molecule has 0 aliphatic carbocycles. The first-order chi connectivity index (χ1) is 13.0. The Labute approximate surface area is 157 Å². The zero-order valence-electron chi connectivity index (χ0n) is 15.4. The highest BCUT2D eigenvalue weighted by Gasteiger charge is 2.25. The van der Waals surface area contributed by atoms with Crippen LogP contribution in [0.3, 0.4) is 0 Å². The van der Waals surface area contributed by atoms with Gasteiger partial charge < -0.3 is 10.1 Å². The topological polar surface area (TPSA) is 90.2 Å². The predicted molar refractivity (Wildman–Crippen MR) is 104 cm³/mol. The molecule has 1 aromatic heterocycles. The van der Waals surface area contributed by atoms with Crippen LogP contribution >= 0.6 is 0 Å². The lowest BCUT2D eigenvalue weighted by atomic mass is 10.1. The summed E-state index contributed by atoms with van der Waals surface area (Å²) in [6, 6.07) is 13.2. The lowest BCUT2D eigenvalue weighted by Gasteiger charge is -2.10. The summed E-state index contributed by atoms with van der Waals surface area (Å²) in [5.74, 6) is 0.471. The molecule has 0 radical (unpaired) electrons. The van der Waals surface area contributed by atoms with Crippen molar-refractivity contribution in [3.63, 3.8) is 0 Å². The average Bonchev–Trinajstić information content (AvgIpc) is 2.61. The molecule has 0 amide bonds. The molecule has 2 aromatic carbocycles. The smallest absolute Gasteiger partial charge is 0.373 e. The lowest BCUT2D eigenvalue weighted by Crippen LogP contribution is -2.03. The second kappa shape index (κ2) is 7.82. The number of nitro groups is 1. The van der Waals surface area contributed by atoms with Crippen molar-refractivity contribution in [2.45, 2.75) is 27.2 Å². The van der Waals surface area contributed by atoms with E-state index in [0.717, 1.165) is 17.5 Å². The molecular formula is C20H20N4O3. The van der Waals surface area contributed by atoms with Crippen LogP contribution in [0.25, 0.3) is 0 Å². The monoisotopic (exact) mass is 364 g/mol. The van der Waals surface area contributed by atoms with Crippen molar-refractivity contribution >= 4 is 17.2 Å². The van der Waals surface area contributed by atoms with Gasteiger partial charge in [0.2, 0.25) is 5.82 Å².